The summed E-state index contributed by atoms with van der Waals surface area (Å²) in [5, 5.41) is 0.539. The number of hydrogen-bond acceptors (Lipinski definition) is 2. The lowest BCUT2D eigenvalue weighted by atomic mass is 10.0. The molecule has 0 bridgehead atoms. The lowest BCUT2D eigenvalue weighted by Crippen LogP contribution is -2.30. The Morgan fingerprint density at radius 2 is 1.74 bits per heavy atom. The highest BCUT2D eigenvalue weighted by Crippen LogP contribution is 2.36. The van der Waals surface area contributed by atoms with E-state index in [9.17, 15) is 8.42 Å². The minimum Gasteiger partial charge on any atom is -0.207 e. The van der Waals surface area contributed by atoms with E-state index in [1.165, 1.54) is 5.56 Å². The molecule has 0 N–H and O–H groups in total. The van der Waals surface area contributed by atoms with Crippen LogP contribution in [0.1, 0.15) is 36.9 Å². The summed E-state index contributed by atoms with van der Waals surface area (Å²) < 4.78 is 27.5. The monoisotopic (exact) mass is 349 g/mol. The first-order valence-corrected chi connectivity index (χ1v) is 9.70. The Balaban J connectivity index is 1.92. The predicted octanol–water partition coefficient (Wildman–Crippen LogP) is 4.43. The molecule has 1 fully saturated rings. The largest absolute Gasteiger partial charge is 0.243 e. The maximum Gasteiger partial charge on any atom is 0.243 e. The van der Waals surface area contributed by atoms with Crippen LogP contribution in [0.25, 0.3) is 0 Å². The molecule has 5 heteroatoms. The third kappa shape index (κ3) is 3.30. The van der Waals surface area contributed by atoms with Crippen molar-refractivity contribution in [3.8, 4) is 0 Å². The molecule has 0 spiro atoms. The van der Waals surface area contributed by atoms with Gasteiger partial charge in [0.2, 0.25) is 10.0 Å². The van der Waals surface area contributed by atoms with E-state index in [0.29, 0.717) is 16.5 Å². The van der Waals surface area contributed by atoms with Crippen molar-refractivity contribution in [3.05, 3.63) is 64.7 Å². The smallest absolute Gasteiger partial charge is 0.207 e. The van der Waals surface area contributed by atoms with Crippen LogP contribution in [0.5, 0.6) is 0 Å². The van der Waals surface area contributed by atoms with Crippen LogP contribution in [0.15, 0.2) is 53.4 Å². The third-order valence-corrected chi connectivity index (χ3v) is 6.57. The summed E-state index contributed by atoms with van der Waals surface area (Å²) in [6.45, 7) is 2.67. The fraction of sp³-hybridized carbons (Fsp3) is 0.333. The van der Waals surface area contributed by atoms with Gasteiger partial charge in [0.25, 0.3) is 0 Å². The first-order valence-electron chi connectivity index (χ1n) is 7.88. The zero-order chi connectivity index (χ0) is 16.4. The normalized spacial score (nSPS) is 19.1. The summed E-state index contributed by atoms with van der Waals surface area (Å²) in [5.74, 6) is 0. The number of benzene rings is 2. The molecule has 1 aliphatic heterocycles. The zero-order valence-corrected chi connectivity index (χ0v) is 14.6. The van der Waals surface area contributed by atoms with Crippen molar-refractivity contribution in [2.45, 2.75) is 37.1 Å². The van der Waals surface area contributed by atoms with E-state index < -0.39 is 10.0 Å². The Kier molecular flexibility index (Phi) is 4.76. The standard InChI is InChI=1S/C18H20ClNO2S/c1-2-14-5-7-15(8-6-14)18-4-3-13-20(18)23(21,22)17-11-9-16(19)10-12-17/h5-12,18H,2-4,13H2,1H3/t18-/m0/s1. The molecule has 0 saturated carbocycles. The van der Waals surface area contributed by atoms with E-state index in [-0.39, 0.29) is 6.04 Å². The number of nitrogens with zero attached hydrogens (tertiary/aromatic N) is 1. The van der Waals surface area contributed by atoms with E-state index in [2.05, 4.69) is 31.2 Å². The van der Waals surface area contributed by atoms with Gasteiger partial charge in [-0.15, -0.1) is 0 Å². The van der Waals surface area contributed by atoms with Gasteiger partial charge in [-0.05, 0) is 54.7 Å². The summed E-state index contributed by atoms with van der Waals surface area (Å²) in [5.41, 5.74) is 2.33. The highest BCUT2D eigenvalue weighted by Gasteiger charge is 2.36. The fourth-order valence-corrected chi connectivity index (χ4v) is 4.89. The molecule has 2 aromatic rings. The minimum atomic E-state index is -3.49. The molecule has 122 valence electrons. The topological polar surface area (TPSA) is 37.4 Å². The van der Waals surface area contributed by atoms with E-state index in [1.807, 2.05) is 0 Å². The Labute approximate surface area is 142 Å². The van der Waals surface area contributed by atoms with Gasteiger partial charge in [-0.1, -0.05) is 42.8 Å². The molecule has 2 aromatic carbocycles. The molecule has 1 heterocycles. The summed E-state index contributed by atoms with van der Waals surface area (Å²) >= 11 is 5.87. The van der Waals surface area contributed by atoms with E-state index >= 15 is 0 Å². The maximum atomic E-state index is 12.9. The second kappa shape index (κ2) is 6.63. The van der Waals surface area contributed by atoms with Crippen molar-refractivity contribution in [2.75, 3.05) is 6.54 Å². The fourth-order valence-electron chi connectivity index (χ4n) is 3.08. The Morgan fingerprint density at radius 3 is 2.35 bits per heavy atom. The Hall–Kier alpha value is -1.36. The summed E-state index contributed by atoms with van der Waals surface area (Å²) in [4.78, 5) is 0.305. The molecule has 1 aliphatic rings. The van der Waals surface area contributed by atoms with Gasteiger partial charge < -0.3 is 0 Å². The van der Waals surface area contributed by atoms with Crippen molar-refractivity contribution in [3.63, 3.8) is 0 Å². The average molecular weight is 350 g/mol. The number of hydrogen-bond donors (Lipinski definition) is 0. The van der Waals surface area contributed by atoms with Crippen molar-refractivity contribution in [1.82, 2.24) is 4.31 Å². The van der Waals surface area contributed by atoms with Gasteiger partial charge in [-0.3, -0.25) is 0 Å². The van der Waals surface area contributed by atoms with Crippen molar-refractivity contribution in [1.29, 1.82) is 0 Å². The van der Waals surface area contributed by atoms with Gasteiger partial charge >= 0.3 is 0 Å². The molecule has 0 radical (unpaired) electrons. The number of sulfonamides is 1. The van der Waals surface area contributed by atoms with Gasteiger partial charge in [-0.25, -0.2) is 8.42 Å². The summed E-state index contributed by atoms with van der Waals surface area (Å²) in [7, 11) is -3.49. The quantitative estimate of drug-likeness (QED) is 0.818. The van der Waals surface area contributed by atoms with E-state index in [1.54, 1.807) is 28.6 Å². The molecule has 1 saturated heterocycles. The van der Waals surface area contributed by atoms with E-state index in [0.717, 1.165) is 24.8 Å². The van der Waals surface area contributed by atoms with Crippen LogP contribution in [0.3, 0.4) is 0 Å². The van der Waals surface area contributed by atoms with Crippen LogP contribution in [0, 0.1) is 0 Å². The highest BCUT2D eigenvalue weighted by molar-refractivity contribution is 7.89. The van der Waals surface area contributed by atoms with Crippen LogP contribution >= 0.6 is 11.6 Å². The molecule has 0 aliphatic carbocycles. The Morgan fingerprint density at radius 1 is 1.09 bits per heavy atom. The molecule has 0 amide bonds. The zero-order valence-electron chi connectivity index (χ0n) is 13.1. The maximum absolute atomic E-state index is 12.9. The molecule has 0 unspecified atom stereocenters. The minimum absolute atomic E-state index is 0.0819. The van der Waals surface area contributed by atoms with Crippen LogP contribution in [-0.2, 0) is 16.4 Å². The lowest BCUT2D eigenvalue weighted by Gasteiger charge is -2.24. The Bertz CT molecular complexity index is 770. The van der Waals surface area contributed by atoms with Crippen LogP contribution < -0.4 is 0 Å². The number of rotatable bonds is 4. The summed E-state index contributed by atoms with van der Waals surface area (Å²) in [6, 6.07) is 14.6. The molecule has 23 heavy (non-hydrogen) atoms. The molecule has 3 rings (SSSR count). The molecular weight excluding hydrogens is 330 g/mol. The van der Waals surface area contributed by atoms with Gasteiger partial charge in [0.1, 0.15) is 0 Å². The van der Waals surface area contributed by atoms with Crippen LogP contribution in [0.4, 0.5) is 0 Å². The van der Waals surface area contributed by atoms with Gasteiger partial charge in [0.05, 0.1) is 10.9 Å². The molecule has 1 atom stereocenters. The molecule has 3 nitrogen and oxygen atoms in total. The van der Waals surface area contributed by atoms with E-state index in [4.69, 9.17) is 11.6 Å². The number of aryl methyl sites for hydroxylation is 1. The molecule has 0 aromatic heterocycles. The van der Waals surface area contributed by atoms with Gasteiger partial charge in [0.15, 0.2) is 0 Å². The van der Waals surface area contributed by atoms with Crippen LogP contribution in [0.2, 0.25) is 5.02 Å². The molecular formula is C18H20ClNO2S. The van der Waals surface area contributed by atoms with Gasteiger partial charge in [0, 0.05) is 11.6 Å². The van der Waals surface area contributed by atoms with Gasteiger partial charge in [-0.2, -0.15) is 4.31 Å². The second-order valence-electron chi connectivity index (χ2n) is 5.82. The highest BCUT2D eigenvalue weighted by atomic mass is 35.5. The first kappa shape index (κ1) is 16.5. The lowest BCUT2D eigenvalue weighted by molar-refractivity contribution is 0.396. The van der Waals surface area contributed by atoms with Crippen molar-refractivity contribution < 1.29 is 8.42 Å². The summed E-state index contributed by atoms with van der Waals surface area (Å²) in [6.07, 6.45) is 2.73. The van der Waals surface area contributed by atoms with Crippen molar-refractivity contribution in [2.24, 2.45) is 0 Å². The first-order chi connectivity index (χ1) is 11.0. The SMILES string of the molecule is CCc1ccc([C@@H]2CCCN2S(=O)(=O)c2ccc(Cl)cc2)cc1. The van der Waals surface area contributed by atoms with Crippen molar-refractivity contribution >= 4 is 21.6 Å². The van der Waals surface area contributed by atoms with Crippen LogP contribution in [-0.4, -0.2) is 19.3 Å². The third-order valence-electron chi connectivity index (χ3n) is 4.40. The second-order valence-corrected chi connectivity index (χ2v) is 8.15. The predicted molar refractivity (Wildman–Crippen MR) is 93.1 cm³/mol. The average Bonchev–Trinajstić information content (AvgIpc) is 3.06. The number of halogens is 1.